The van der Waals surface area contributed by atoms with Crippen molar-refractivity contribution in [3.05, 3.63) is 45.5 Å². The van der Waals surface area contributed by atoms with Gasteiger partial charge in [-0.25, -0.2) is 0 Å². The maximum atomic E-state index is 11.3. The molecule has 2 aromatic rings. The number of nitro groups is 1. The molecule has 0 amide bonds. The second-order valence-corrected chi connectivity index (χ2v) is 5.51. The van der Waals surface area contributed by atoms with Gasteiger partial charge >= 0.3 is 0 Å². The lowest BCUT2D eigenvalue weighted by molar-refractivity contribution is -0.384. The summed E-state index contributed by atoms with van der Waals surface area (Å²) in [4.78, 5) is 22.0. The minimum atomic E-state index is -0.483. The third-order valence-corrected chi connectivity index (χ3v) is 3.95. The summed E-state index contributed by atoms with van der Waals surface area (Å²) >= 11 is 0. The van der Waals surface area contributed by atoms with Gasteiger partial charge in [0, 0.05) is 37.6 Å². The van der Waals surface area contributed by atoms with E-state index in [2.05, 4.69) is 20.1 Å². The molecule has 3 rings (SSSR count). The summed E-state index contributed by atoms with van der Waals surface area (Å²) in [5.41, 5.74) is 0.642. The summed E-state index contributed by atoms with van der Waals surface area (Å²) < 4.78 is 2.11. The van der Waals surface area contributed by atoms with E-state index < -0.39 is 4.92 Å². The lowest BCUT2D eigenvalue weighted by Gasteiger charge is -2.08. The van der Waals surface area contributed by atoms with E-state index in [0.29, 0.717) is 24.2 Å². The zero-order valence-corrected chi connectivity index (χ0v) is 12.8. The quantitative estimate of drug-likeness (QED) is 0.497. The Bertz CT molecular complexity index is 768. The molecule has 8 nitrogen and oxygen atoms in total. The van der Waals surface area contributed by atoms with Gasteiger partial charge in [0.2, 0.25) is 0 Å². The van der Waals surface area contributed by atoms with Gasteiger partial charge in [-0.2, -0.15) is 0 Å². The zero-order valence-electron chi connectivity index (χ0n) is 12.8. The molecule has 0 unspecified atom stereocenters. The van der Waals surface area contributed by atoms with Crippen molar-refractivity contribution in [2.45, 2.75) is 32.7 Å². The summed E-state index contributed by atoms with van der Waals surface area (Å²) in [6, 6.07) is 4.47. The Morgan fingerprint density at radius 1 is 1.43 bits per heavy atom. The molecule has 0 aliphatic carbocycles. The standard InChI is InChI=1S/C15H17N5O3/c1-10(21)11-4-5-12(13(9-11)20(22)23)16-7-6-15-18-17-14-3-2-8-19(14)15/h4-5,9,16H,2-3,6-8H2,1H3. The summed E-state index contributed by atoms with van der Waals surface area (Å²) in [5, 5.41) is 22.5. The lowest BCUT2D eigenvalue weighted by Crippen LogP contribution is -2.11. The normalized spacial score (nSPS) is 12.9. The van der Waals surface area contributed by atoms with Crippen LogP contribution in [0.5, 0.6) is 0 Å². The molecule has 2 heterocycles. The van der Waals surface area contributed by atoms with E-state index in [-0.39, 0.29) is 11.5 Å². The van der Waals surface area contributed by atoms with Gasteiger partial charge in [-0.15, -0.1) is 10.2 Å². The van der Waals surface area contributed by atoms with Crippen LogP contribution in [0.2, 0.25) is 0 Å². The molecule has 0 radical (unpaired) electrons. The second kappa shape index (κ2) is 6.15. The number of fused-ring (bicyclic) bond motifs is 1. The fraction of sp³-hybridized carbons (Fsp3) is 0.400. The number of nitrogens with one attached hydrogen (secondary N) is 1. The number of aryl methyl sites for hydroxylation is 1. The van der Waals surface area contributed by atoms with Crippen molar-refractivity contribution >= 4 is 17.2 Å². The number of carbonyl (C=O) groups excluding carboxylic acids is 1. The third-order valence-electron chi connectivity index (χ3n) is 3.95. The highest BCUT2D eigenvalue weighted by molar-refractivity contribution is 5.95. The zero-order chi connectivity index (χ0) is 16.4. The van der Waals surface area contributed by atoms with E-state index in [1.165, 1.54) is 13.0 Å². The third kappa shape index (κ3) is 3.05. The first-order chi connectivity index (χ1) is 11.1. The number of benzene rings is 1. The lowest BCUT2D eigenvalue weighted by atomic mass is 10.1. The highest BCUT2D eigenvalue weighted by atomic mass is 16.6. The topological polar surface area (TPSA) is 103 Å². The van der Waals surface area contributed by atoms with Crippen molar-refractivity contribution in [3.63, 3.8) is 0 Å². The predicted octanol–water partition coefficient (Wildman–Crippen LogP) is 1.99. The Balaban J connectivity index is 1.70. The molecule has 8 heteroatoms. The maximum Gasteiger partial charge on any atom is 0.293 e. The van der Waals surface area contributed by atoms with Gasteiger partial charge in [-0.1, -0.05) is 0 Å². The van der Waals surface area contributed by atoms with E-state index in [1.807, 2.05) is 0 Å². The number of ketones is 1. The molecule has 120 valence electrons. The van der Waals surface area contributed by atoms with Gasteiger partial charge in [0.25, 0.3) is 5.69 Å². The molecular weight excluding hydrogens is 298 g/mol. The number of carbonyl (C=O) groups is 1. The first-order valence-corrected chi connectivity index (χ1v) is 7.50. The van der Waals surface area contributed by atoms with Crippen LogP contribution in [0.15, 0.2) is 18.2 Å². The number of anilines is 1. The van der Waals surface area contributed by atoms with Crippen LogP contribution in [0.25, 0.3) is 0 Å². The van der Waals surface area contributed by atoms with Gasteiger partial charge in [0.15, 0.2) is 5.78 Å². The van der Waals surface area contributed by atoms with Crippen LogP contribution in [-0.4, -0.2) is 32.0 Å². The SMILES string of the molecule is CC(=O)c1ccc(NCCc2nnc3n2CCC3)c([N+](=O)[O-])c1. The van der Waals surface area contributed by atoms with E-state index >= 15 is 0 Å². The van der Waals surface area contributed by atoms with Crippen LogP contribution in [0.1, 0.15) is 35.4 Å². The summed E-state index contributed by atoms with van der Waals surface area (Å²) in [7, 11) is 0. The summed E-state index contributed by atoms with van der Waals surface area (Å²) in [5.74, 6) is 1.71. The second-order valence-electron chi connectivity index (χ2n) is 5.51. The van der Waals surface area contributed by atoms with E-state index in [9.17, 15) is 14.9 Å². The van der Waals surface area contributed by atoms with Crippen molar-refractivity contribution in [1.29, 1.82) is 0 Å². The van der Waals surface area contributed by atoms with Gasteiger partial charge in [-0.3, -0.25) is 14.9 Å². The molecule has 1 aliphatic rings. The minimum Gasteiger partial charge on any atom is -0.379 e. The first-order valence-electron chi connectivity index (χ1n) is 7.50. The molecule has 0 atom stereocenters. The molecule has 23 heavy (non-hydrogen) atoms. The predicted molar refractivity (Wildman–Crippen MR) is 83.6 cm³/mol. The van der Waals surface area contributed by atoms with Crippen LogP contribution >= 0.6 is 0 Å². The highest BCUT2D eigenvalue weighted by Crippen LogP contribution is 2.26. The Labute approximate surface area is 132 Å². The fourth-order valence-corrected chi connectivity index (χ4v) is 2.76. The smallest absolute Gasteiger partial charge is 0.293 e. The van der Waals surface area contributed by atoms with Gasteiger partial charge in [-0.05, 0) is 25.5 Å². The molecule has 0 saturated carbocycles. The summed E-state index contributed by atoms with van der Waals surface area (Å²) in [6.45, 7) is 2.83. The molecular formula is C15H17N5O3. The molecule has 1 aliphatic heterocycles. The molecule has 0 bridgehead atoms. The number of aromatic nitrogens is 3. The number of Topliss-reactive ketones (excluding diaryl/α,β-unsaturated/α-hetero) is 1. The Hall–Kier alpha value is -2.77. The van der Waals surface area contributed by atoms with Crippen LogP contribution in [0, 0.1) is 10.1 Å². The number of hydrogen-bond donors (Lipinski definition) is 1. The van der Waals surface area contributed by atoms with Crippen molar-refractivity contribution in [2.24, 2.45) is 0 Å². The number of hydrogen-bond acceptors (Lipinski definition) is 6. The van der Waals surface area contributed by atoms with E-state index in [0.717, 1.165) is 31.0 Å². The number of nitro benzene ring substituents is 1. The van der Waals surface area contributed by atoms with Gasteiger partial charge in [0.05, 0.1) is 4.92 Å². The monoisotopic (exact) mass is 315 g/mol. The van der Waals surface area contributed by atoms with Crippen LogP contribution in [0.4, 0.5) is 11.4 Å². The Morgan fingerprint density at radius 3 is 3.00 bits per heavy atom. The number of rotatable bonds is 6. The minimum absolute atomic E-state index is 0.0934. The van der Waals surface area contributed by atoms with Crippen LogP contribution in [-0.2, 0) is 19.4 Å². The average molecular weight is 315 g/mol. The Kier molecular flexibility index (Phi) is 4.05. The maximum absolute atomic E-state index is 11.3. The molecule has 0 spiro atoms. The van der Waals surface area contributed by atoms with Crippen LogP contribution in [0.3, 0.4) is 0 Å². The number of nitrogens with zero attached hydrogens (tertiary/aromatic N) is 4. The van der Waals surface area contributed by atoms with Crippen LogP contribution < -0.4 is 5.32 Å². The highest BCUT2D eigenvalue weighted by Gasteiger charge is 2.18. The van der Waals surface area contributed by atoms with E-state index in [4.69, 9.17) is 0 Å². The van der Waals surface area contributed by atoms with Crippen molar-refractivity contribution < 1.29 is 9.72 Å². The molecule has 0 saturated heterocycles. The Morgan fingerprint density at radius 2 is 2.26 bits per heavy atom. The van der Waals surface area contributed by atoms with Crippen molar-refractivity contribution in [2.75, 3.05) is 11.9 Å². The van der Waals surface area contributed by atoms with Gasteiger partial charge in [0.1, 0.15) is 17.3 Å². The molecule has 1 aromatic heterocycles. The van der Waals surface area contributed by atoms with E-state index in [1.54, 1.807) is 12.1 Å². The largest absolute Gasteiger partial charge is 0.379 e. The van der Waals surface area contributed by atoms with Gasteiger partial charge < -0.3 is 9.88 Å². The molecule has 0 fully saturated rings. The molecule has 1 aromatic carbocycles. The average Bonchev–Trinajstić information content (AvgIpc) is 3.11. The van der Waals surface area contributed by atoms with Crippen molar-refractivity contribution in [1.82, 2.24) is 14.8 Å². The summed E-state index contributed by atoms with van der Waals surface area (Å²) in [6.07, 6.45) is 2.68. The van der Waals surface area contributed by atoms with Crippen molar-refractivity contribution in [3.8, 4) is 0 Å². The fourth-order valence-electron chi connectivity index (χ4n) is 2.76. The first kappa shape index (κ1) is 15.1. The molecule has 1 N–H and O–H groups in total.